The highest BCUT2D eigenvalue weighted by Crippen LogP contribution is 2.30. The number of nitro benzene ring substituents is 1. The summed E-state index contributed by atoms with van der Waals surface area (Å²) < 4.78 is 32.7. The number of sulfonamides is 1. The van der Waals surface area contributed by atoms with Crippen LogP contribution in [-0.4, -0.2) is 36.7 Å². The second-order valence-electron chi connectivity index (χ2n) is 7.41. The molecule has 1 heterocycles. The van der Waals surface area contributed by atoms with Crippen LogP contribution < -0.4 is 0 Å². The molecule has 8 nitrogen and oxygen atoms in total. The number of para-hydroxylation sites is 1. The first kappa shape index (κ1) is 21.9. The molecular formula is C21H24N2O6S. The number of esters is 1. The number of carbonyl (C=O) groups excluding carboxylic acids is 1. The first-order chi connectivity index (χ1) is 14.2. The summed E-state index contributed by atoms with van der Waals surface area (Å²) in [6.07, 6.45) is 0.218. The zero-order valence-corrected chi connectivity index (χ0v) is 17.7. The topological polar surface area (TPSA) is 107 Å². The molecule has 2 aromatic carbocycles. The molecule has 0 radical (unpaired) electrons. The Labute approximate surface area is 175 Å². The maximum Gasteiger partial charge on any atom is 0.310 e. The summed E-state index contributed by atoms with van der Waals surface area (Å²) >= 11 is 0. The van der Waals surface area contributed by atoms with Crippen molar-refractivity contribution in [1.29, 1.82) is 0 Å². The maximum absolute atomic E-state index is 12.9. The zero-order chi connectivity index (χ0) is 21.9. The molecule has 0 aromatic heterocycles. The van der Waals surface area contributed by atoms with E-state index in [1.807, 2.05) is 6.92 Å². The van der Waals surface area contributed by atoms with Crippen molar-refractivity contribution in [3.05, 3.63) is 69.8 Å². The van der Waals surface area contributed by atoms with Gasteiger partial charge in [-0.15, -0.1) is 0 Å². The molecule has 0 amide bonds. The zero-order valence-electron chi connectivity index (χ0n) is 16.9. The minimum Gasteiger partial charge on any atom is -0.457 e. The highest BCUT2D eigenvalue weighted by atomic mass is 32.2. The summed E-state index contributed by atoms with van der Waals surface area (Å²) in [5.74, 6) is -1.17. The Balaban J connectivity index is 1.71. The lowest BCUT2D eigenvalue weighted by Gasteiger charge is -2.31. The van der Waals surface area contributed by atoms with Crippen LogP contribution in [0.4, 0.5) is 5.69 Å². The van der Waals surface area contributed by atoms with Gasteiger partial charge in [-0.1, -0.05) is 29.8 Å². The van der Waals surface area contributed by atoms with Crippen molar-refractivity contribution in [1.82, 2.24) is 4.31 Å². The van der Waals surface area contributed by atoms with Crippen LogP contribution in [0.15, 0.2) is 53.4 Å². The van der Waals surface area contributed by atoms with Gasteiger partial charge in [-0.25, -0.2) is 8.42 Å². The van der Waals surface area contributed by atoms with Crippen molar-refractivity contribution in [2.45, 2.75) is 37.7 Å². The van der Waals surface area contributed by atoms with Gasteiger partial charge in [0.1, 0.15) is 6.10 Å². The Morgan fingerprint density at radius 2 is 1.87 bits per heavy atom. The number of aryl methyl sites for hydroxylation is 1. The molecule has 1 saturated heterocycles. The molecule has 0 saturated carbocycles. The Kier molecular flexibility index (Phi) is 6.52. The fraction of sp³-hybridized carbons (Fsp3) is 0.381. The third-order valence-electron chi connectivity index (χ3n) is 5.24. The smallest absolute Gasteiger partial charge is 0.310 e. The molecule has 0 aliphatic carbocycles. The van der Waals surface area contributed by atoms with Crippen molar-refractivity contribution in [3.63, 3.8) is 0 Å². The van der Waals surface area contributed by atoms with Crippen molar-refractivity contribution < 1.29 is 22.9 Å². The number of hydrogen-bond donors (Lipinski definition) is 0. The number of piperidine rings is 1. The van der Waals surface area contributed by atoms with E-state index in [9.17, 15) is 23.3 Å². The molecule has 30 heavy (non-hydrogen) atoms. The standard InChI is InChI=1S/C21H24N2O6S/c1-15-9-11-18(12-10-15)30(27,28)22-13-5-6-17(14-22)21(24)29-16(2)19-7-3-4-8-20(19)23(25)26/h3-4,7-12,16-17H,5-6,13-14H2,1-2H3. The van der Waals surface area contributed by atoms with Crippen LogP contribution in [0.1, 0.15) is 37.0 Å². The first-order valence-corrected chi connectivity index (χ1v) is 11.1. The van der Waals surface area contributed by atoms with E-state index in [-0.39, 0.29) is 17.1 Å². The van der Waals surface area contributed by atoms with Gasteiger partial charge in [0.2, 0.25) is 10.0 Å². The van der Waals surface area contributed by atoms with Gasteiger partial charge >= 0.3 is 5.97 Å². The van der Waals surface area contributed by atoms with E-state index in [1.54, 1.807) is 49.4 Å². The minimum atomic E-state index is -3.71. The molecule has 3 rings (SSSR count). The Hall–Kier alpha value is -2.78. The van der Waals surface area contributed by atoms with Crippen LogP contribution in [0.5, 0.6) is 0 Å². The lowest BCUT2D eigenvalue weighted by Crippen LogP contribution is -2.42. The van der Waals surface area contributed by atoms with Gasteiger partial charge in [0.15, 0.2) is 0 Å². The summed E-state index contributed by atoms with van der Waals surface area (Å²) in [5, 5.41) is 11.2. The summed E-state index contributed by atoms with van der Waals surface area (Å²) in [6, 6.07) is 12.7. The van der Waals surface area contributed by atoms with E-state index in [0.717, 1.165) is 5.56 Å². The van der Waals surface area contributed by atoms with Crippen LogP contribution in [-0.2, 0) is 19.6 Å². The van der Waals surface area contributed by atoms with E-state index in [2.05, 4.69) is 0 Å². The molecule has 0 spiro atoms. The normalized spacial score (nSPS) is 18.5. The molecular weight excluding hydrogens is 408 g/mol. The summed E-state index contributed by atoms with van der Waals surface area (Å²) in [7, 11) is -3.71. The minimum absolute atomic E-state index is 0.0264. The third-order valence-corrected chi connectivity index (χ3v) is 7.12. The fourth-order valence-electron chi connectivity index (χ4n) is 3.54. The predicted molar refractivity (Wildman–Crippen MR) is 110 cm³/mol. The second kappa shape index (κ2) is 8.93. The highest BCUT2D eigenvalue weighted by molar-refractivity contribution is 7.89. The van der Waals surface area contributed by atoms with E-state index in [1.165, 1.54) is 10.4 Å². The van der Waals surface area contributed by atoms with E-state index < -0.39 is 32.9 Å². The van der Waals surface area contributed by atoms with E-state index >= 15 is 0 Å². The molecule has 1 aliphatic heterocycles. The number of ether oxygens (including phenoxy) is 1. The lowest BCUT2D eigenvalue weighted by molar-refractivity contribution is -0.386. The fourth-order valence-corrected chi connectivity index (χ4v) is 5.07. The molecule has 2 unspecified atom stereocenters. The van der Waals surface area contributed by atoms with Crippen molar-refractivity contribution >= 4 is 21.7 Å². The van der Waals surface area contributed by atoms with Crippen molar-refractivity contribution in [2.24, 2.45) is 5.92 Å². The molecule has 160 valence electrons. The molecule has 9 heteroatoms. The summed E-state index contributed by atoms with van der Waals surface area (Å²) in [5.41, 5.74) is 1.14. The Morgan fingerprint density at radius 1 is 1.20 bits per heavy atom. The summed E-state index contributed by atoms with van der Waals surface area (Å²) in [4.78, 5) is 23.6. The first-order valence-electron chi connectivity index (χ1n) is 9.71. The van der Waals surface area contributed by atoms with Crippen molar-refractivity contribution in [2.75, 3.05) is 13.1 Å². The molecule has 1 fully saturated rings. The van der Waals surface area contributed by atoms with Gasteiger partial charge in [-0.05, 0) is 44.9 Å². The average molecular weight is 432 g/mol. The van der Waals surface area contributed by atoms with Crippen LogP contribution in [0.3, 0.4) is 0 Å². The van der Waals surface area contributed by atoms with Gasteiger partial charge in [0, 0.05) is 19.2 Å². The predicted octanol–water partition coefficient (Wildman–Crippen LogP) is 3.61. The van der Waals surface area contributed by atoms with Gasteiger partial charge in [0.05, 0.1) is 21.3 Å². The van der Waals surface area contributed by atoms with Gasteiger partial charge < -0.3 is 4.74 Å². The molecule has 0 N–H and O–H groups in total. The monoisotopic (exact) mass is 432 g/mol. The quantitative estimate of drug-likeness (QED) is 0.392. The molecule has 2 atom stereocenters. The summed E-state index contributed by atoms with van der Waals surface area (Å²) in [6.45, 7) is 3.81. The van der Waals surface area contributed by atoms with E-state index in [0.29, 0.717) is 24.9 Å². The van der Waals surface area contributed by atoms with Gasteiger partial charge in [0.25, 0.3) is 5.69 Å². The number of carbonyl (C=O) groups is 1. The number of nitro groups is 1. The highest BCUT2D eigenvalue weighted by Gasteiger charge is 2.35. The SMILES string of the molecule is Cc1ccc(S(=O)(=O)N2CCCC(C(=O)OC(C)c3ccccc3[N+](=O)[O-])C2)cc1. The molecule has 0 bridgehead atoms. The van der Waals surface area contributed by atoms with E-state index in [4.69, 9.17) is 4.74 Å². The number of nitrogens with zero attached hydrogens (tertiary/aromatic N) is 2. The largest absolute Gasteiger partial charge is 0.457 e. The second-order valence-corrected chi connectivity index (χ2v) is 9.35. The average Bonchev–Trinajstić information content (AvgIpc) is 2.74. The third kappa shape index (κ3) is 4.68. The number of hydrogen-bond acceptors (Lipinski definition) is 6. The van der Waals surface area contributed by atoms with Crippen molar-refractivity contribution in [3.8, 4) is 0 Å². The molecule has 1 aliphatic rings. The van der Waals surface area contributed by atoms with Crippen LogP contribution in [0.2, 0.25) is 0 Å². The van der Waals surface area contributed by atoms with Crippen LogP contribution in [0, 0.1) is 23.0 Å². The van der Waals surface area contributed by atoms with Gasteiger partial charge in [-0.2, -0.15) is 4.31 Å². The Bertz CT molecular complexity index is 1040. The maximum atomic E-state index is 12.9. The molecule has 2 aromatic rings. The van der Waals surface area contributed by atoms with Crippen LogP contribution >= 0.6 is 0 Å². The lowest BCUT2D eigenvalue weighted by atomic mass is 9.99. The number of benzene rings is 2. The van der Waals surface area contributed by atoms with Gasteiger partial charge in [-0.3, -0.25) is 14.9 Å². The number of rotatable bonds is 6. The Morgan fingerprint density at radius 3 is 2.53 bits per heavy atom. The van der Waals surface area contributed by atoms with Crippen LogP contribution in [0.25, 0.3) is 0 Å².